The minimum absolute atomic E-state index is 0.362. The summed E-state index contributed by atoms with van der Waals surface area (Å²) >= 11 is 3.15. The van der Waals surface area contributed by atoms with Gasteiger partial charge in [0.05, 0.1) is 18.7 Å². The van der Waals surface area contributed by atoms with Crippen molar-refractivity contribution < 1.29 is 13.6 Å². The third kappa shape index (κ3) is 1.99. The van der Waals surface area contributed by atoms with E-state index in [4.69, 9.17) is 0 Å². The van der Waals surface area contributed by atoms with Crippen molar-refractivity contribution in [3.8, 4) is 0 Å². The number of carbonyl (C=O) groups excluding carboxylic acids is 1. The predicted molar refractivity (Wildman–Crippen MR) is 52.8 cm³/mol. The van der Waals surface area contributed by atoms with E-state index < -0.39 is 24.9 Å². The maximum Gasteiger partial charge on any atom is 0.282 e. The van der Waals surface area contributed by atoms with Gasteiger partial charge in [-0.1, -0.05) is 0 Å². The van der Waals surface area contributed by atoms with Crippen LogP contribution in [0.2, 0.25) is 0 Å². The molecule has 6 heteroatoms. The zero-order valence-electron chi connectivity index (χ0n) is 7.58. The zero-order chi connectivity index (χ0) is 11.1. The number of hydrogen-bond acceptors (Lipinski definition) is 2. The van der Waals surface area contributed by atoms with Gasteiger partial charge in [0, 0.05) is 16.9 Å². The summed E-state index contributed by atoms with van der Waals surface area (Å²) in [4.78, 5) is 16.6. The van der Waals surface area contributed by atoms with Crippen LogP contribution in [-0.2, 0) is 0 Å². The Kier molecular flexibility index (Phi) is 2.46. The van der Waals surface area contributed by atoms with E-state index in [1.54, 1.807) is 0 Å². The van der Waals surface area contributed by atoms with Gasteiger partial charge in [-0.3, -0.25) is 9.78 Å². The Labute approximate surface area is 93.2 Å². The summed E-state index contributed by atoms with van der Waals surface area (Å²) in [5.74, 6) is -3.12. The van der Waals surface area contributed by atoms with Crippen LogP contribution in [0.1, 0.15) is 10.4 Å². The second kappa shape index (κ2) is 3.52. The highest BCUT2D eigenvalue weighted by molar-refractivity contribution is 9.10. The molecule has 80 valence electrons. The number of halogens is 3. The van der Waals surface area contributed by atoms with Crippen LogP contribution in [-0.4, -0.2) is 34.8 Å². The molecule has 1 aliphatic rings. The summed E-state index contributed by atoms with van der Waals surface area (Å²) in [5, 5.41) is 0. The third-order valence-electron chi connectivity index (χ3n) is 2.13. The van der Waals surface area contributed by atoms with E-state index in [1.165, 1.54) is 18.5 Å². The lowest BCUT2D eigenvalue weighted by atomic mass is 10.1. The number of hydrogen-bond donors (Lipinski definition) is 0. The molecule has 1 saturated heterocycles. The molecule has 1 fully saturated rings. The normalized spacial score (nSPS) is 18.5. The molecule has 1 aromatic heterocycles. The van der Waals surface area contributed by atoms with Gasteiger partial charge in [-0.15, -0.1) is 0 Å². The second-order valence-electron chi connectivity index (χ2n) is 3.37. The van der Waals surface area contributed by atoms with Gasteiger partial charge in [0.25, 0.3) is 11.8 Å². The van der Waals surface area contributed by atoms with Crippen LogP contribution >= 0.6 is 15.9 Å². The summed E-state index contributed by atoms with van der Waals surface area (Å²) in [6.45, 7) is -0.999. The molecule has 0 aliphatic carbocycles. The summed E-state index contributed by atoms with van der Waals surface area (Å²) in [6, 6.07) is 1.50. The van der Waals surface area contributed by atoms with E-state index in [-0.39, 0.29) is 0 Å². The van der Waals surface area contributed by atoms with Crippen molar-refractivity contribution in [3.63, 3.8) is 0 Å². The van der Waals surface area contributed by atoms with Gasteiger partial charge in [0.2, 0.25) is 0 Å². The van der Waals surface area contributed by atoms with E-state index in [0.717, 1.165) is 4.90 Å². The van der Waals surface area contributed by atoms with Gasteiger partial charge in [-0.25, -0.2) is 8.78 Å². The first-order valence-corrected chi connectivity index (χ1v) is 5.05. The Hall–Kier alpha value is -1.04. The minimum atomic E-state index is -2.73. The van der Waals surface area contributed by atoms with Crippen LogP contribution in [0.3, 0.4) is 0 Å². The third-order valence-corrected chi connectivity index (χ3v) is 2.77. The van der Waals surface area contributed by atoms with Crippen molar-refractivity contribution in [2.75, 3.05) is 13.1 Å². The van der Waals surface area contributed by atoms with E-state index in [1.807, 2.05) is 0 Å². The van der Waals surface area contributed by atoms with Crippen LogP contribution in [0, 0.1) is 0 Å². The van der Waals surface area contributed by atoms with Crippen LogP contribution < -0.4 is 0 Å². The van der Waals surface area contributed by atoms with Gasteiger partial charge in [-0.2, -0.15) is 0 Å². The molecule has 0 saturated carbocycles. The van der Waals surface area contributed by atoms with Crippen molar-refractivity contribution in [1.29, 1.82) is 0 Å². The number of aromatic nitrogens is 1. The molecular formula is C9H7BrF2N2O. The van der Waals surface area contributed by atoms with Gasteiger partial charge < -0.3 is 4.90 Å². The molecule has 1 amide bonds. The highest BCUT2D eigenvalue weighted by Gasteiger charge is 2.46. The van der Waals surface area contributed by atoms with Gasteiger partial charge >= 0.3 is 0 Å². The van der Waals surface area contributed by atoms with Crippen molar-refractivity contribution in [2.24, 2.45) is 0 Å². The summed E-state index contributed by atoms with van der Waals surface area (Å²) in [6.07, 6.45) is 2.92. The fourth-order valence-electron chi connectivity index (χ4n) is 1.37. The number of carbonyl (C=O) groups is 1. The molecule has 15 heavy (non-hydrogen) atoms. The Bertz CT molecular complexity index is 403. The number of amides is 1. The van der Waals surface area contributed by atoms with Gasteiger partial charge in [0.15, 0.2) is 0 Å². The topological polar surface area (TPSA) is 33.2 Å². The first-order chi connectivity index (χ1) is 6.99. The van der Waals surface area contributed by atoms with Gasteiger partial charge in [0.1, 0.15) is 0 Å². The molecule has 0 N–H and O–H groups in total. The second-order valence-corrected chi connectivity index (χ2v) is 4.23. The lowest BCUT2D eigenvalue weighted by Crippen LogP contribution is -2.58. The largest absolute Gasteiger partial charge is 0.326 e. The number of pyridine rings is 1. The first-order valence-electron chi connectivity index (χ1n) is 4.26. The molecule has 0 aromatic carbocycles. The molecule has 0 radical (unpaired) electrons. The number of rotatable bonds is 1. The van der Waals surface area contributed by atoms with Crippen molar-refractivity contribution >= 4 is 21.8 Å². The highest BCUT2D eigenvalue weighted by atomic mass is 79.9. The Morgan fingerprint density at radius 1 is 1.53 bits per heavy atom. The van der Waals surface area contributed by atoms with E-state index in [0.29, 0.717) is 10.0 Å². The quantitative estimate of drug-likeness (QED) is 0.786. The maximum atomic E-state index is 12.5. The molecular weight excluding hydrogens is 270 g/mol. The number of likely N-dealkylation sites (tertiary alicyclic amines) is 1. The molecule has 2 heterocycles. The lowest BCUT2D eigenvalue weighted by molar-refractivity contribution is -0.113. The number of nitrogens with zero attached hydrogens (tertiary/aromatic N) is 2. The lowest BCUT2D eigenvalue weighted by Gasteiger charge is -2.38. The summed E-state index contributed by atoms with van der Waals surface area (Å²) in [7, 11) is 0. The van der Waals surface area contributed by atoms with E-state index in [9.17, 15) is 13.6 Å². The number of alkyl halides is 2. The zero-order valence-corrected chi connectivity index (χ0v) is 9.17. The molecule has 3 nitrogen and oxygen atoms in total. The maximum absolute atomic E-state index is 12.5. The minimum Gasteiger partial charge on any atom is -0.326 e. The fourth-order valence-corrected chi connectivity index (χ4v) is 1.79. The average molecular weight is 277 g/mol. The van der Waals surface area contributed by atoms with Crippen molar-refractivity contribution in [3.05, 3.63) is 28.5 Å². The van der Waals surface area contributed by atoms with E-state index >= 15 is 0 Å². The standard InChI is InChI=1S/C9H7BrF2N2O/c10-7-3-13-2-1-6(7)8(15)14-4-9(11,12)5-14/h1-3H,4-5H2. The molecule has 0 spiro atoms. The summed E-state index contributed by atoms with van der Waals surface area (Å²) in [5.41, 5.74) is 0.362. The van der Waals surface area contributed by atoms with Crippen LogP contribution in [0.5, 0.6) is 0 Å². The monoisotopic (exact) mass is 276 g/mol. The van der Waals surface area contributed by atoms with Crippen molar-refractivity contribution in [2.45, 2.75) is 5.92 Å². The molecule has 0 bridgehead atoms. The van der Waals surface area contributed by atoms with E-state index in [2.05, 4.69) is 20.9 Å². The molecule has 0 atom stereocenters. The average Bonchev–Trinajstić information content (AvgIpc) is 2.14. The van der Waals surface area contributed by atoms with Crippen LogP contribution in [0.15, 0.2) is 22.9 Å². The Morgan fingerprint density at radius 3 is 2.73 bits per heavy atom. The van der Waals surface area contributed by atoms with Gasteiger partial charge in [-0.05, 0) is 22.0 Å². The molecule has 1 aliphatic heterocycles. The fraction of sp³-hybridized carbons (Fsp3) is 0.333. The van der Waals surface area contributed by atoms with Crippen LogP contribution in [0.4, 0.5) is 8.78 Å². The molecule has 2 rings (SSSR count). The predicted octanol–water partition coefficient (Wildman–Crippen LogP) is 1.94. The highest BCUT2D eigenvalue weighted by Crippen LogP contribution is 2.29. The van der Waals surface area contributed by atoms with Crippen LogP contribution in [0.25, 0.3) is 0 Å². The molecule has 1 aromatic rings. The Morgan fingerprint density at radius 2 is 2.20 bits per heavy atom. The molecule has 0 unspecified atom stereocenters. The van der Waals surface area contributed by atoms with Crippen molar-refractivity contribution in [1.82, 2.24) is 9.88 Å². The Balaban J connectivity index is 2.14. The smallest absolute Gasteiger partial charge is 0.282 e. The SMILES string of the molecule is O=C(c1ccncc1Br)N1CC(F)(F)C1. The first kappa shape index (κ1) is 10.5. The summed E-state index contributed by atoms with van der Waals surface area (Å²) < 4.78 is 25.6.